The van der Waals surface area contributed by atoms with Crippen molar-refractivity contribution >= 4 is 22.1 Å². The van der Waals surface area contributed by atoms with Crippen LogP contribution in [0.5, 0.6) is 0 Å². The zero-order valence-corrected chi connectivity index (χ0v) is 10.9. The molecule has 21 heavy (non-hydrogen) atoms. The summed E-state index contributed by atoms with van der Waals surface area (Å²) in [4.78, 5) is 26.6. The van der Waals surface area contributed by atoms with Gasteiger partial charge in [0.1, 0.15) is 11.1 Å². The van der Waals surface area contributed by atoms with Crippen molar-refractivity contribution in [2.24, 2.45) is 0 Å². The van der Waals surface area contributed by atoms with Crippen LogP contribution in [0.2, 0.25) is 0 Å². The number of benzene rings is 2. The number of aromatic nitrogens is 2. The van der Waals surface area contributed by atoms with Crippen molar-refractivity contribution in [3.63, 3.8) is 0 Å². The Labute approximate surface area is 118 Å². The molecule has 2 aromatic heterocycles. The largest absolute Gasteiger partial charge is 0.449 e. The lowest BCUT2D eigenvalue weighted by Gasteiger charge is -2.06. The first kappa shape index (κ1) is 11.7. The first-order valence-corrected chi connectivity index (χ1v) is 6.48. The minimum absolute atomic E-state index is 0.152. The molecule has 1 N–H and O–H groups in total. The van der Waals surface area contributed by atoms with E-state index in [1.54, 1.807) is 18.2 Å². The minimum atomic E-state index is -0.515. The molecule has 0 radical (unpaired) electrons. The average molecular weight is 278 g/mol. The zero-order valence-electron chi connectivity index (χ0n) is 10.9. The highest BCUT2D eigenvalue weighted by Crippen LogP contribution is 2.26. The molecular weight excluding hydrogens is 268 g/mol. The van der Waals surface area contributed by atoms with Gasteiger partial charge in [-0.05, 0) is 24.3 Å². The molecule has 0 bridgehead atoms. The molecule has 5 heteroatoms. The topological polar surface area (TPSA) is 68.0 Å². The van der Waals surface area contributed by atoms with Crippen LogP contribution in [0.4, 0.5) is 0 Å². The number of H-pyrrole nitrogens is 1. The molecule has 0 aliphatic rings. The Bertz CT molecular complexity index is 1070. The fraction of sp³-hybridized carbons (Fsp3) is 0. The molecule has 0 unspecified atom stereocenters. The van der Waals surface area contributed by atoms with Crippen molar-refractivity contribution in [3.8, 4) is 5.69 Å². The van der Waals surface area contributed by atoms with Crippen LogP contribution in [0, 0.1) is 0 Å². The number of fused-ring (bicyclic) bond motifs is 3. The van der Waals surface area contributed by atoms with Gasteiger partial charge in [0.2, 0.25) is 5.58 Å². The molecule has 2 aromatic carbocycles. The van der Waals surface area contributed by atoms with Crippen molar-refractivity contribution in [2.75, 3.05) is 0 Å². The van der Waals surface area contributed by atoms with E-state index in [0.717, 1.165) is 5.39 Å². The van der Waals surface area contributed by atoms with E-state index in [1.807, 2.05) is 36.4 Å². The van der Waals surface area contributed by atoms with Crippen LogP contribution in [0.25, 0.3) is 27.8 Å². The lowest BCUT2D eigenvalue weighted by Crippen LogP contribution is -2.28. The summed E-state index contributed by atoms with van der Waals surface area (Å²) in [6.07, 6.45) is 0. The number of nitrogens with zero attached hydrogens (tertiary/aromatic N) is 1. The monoisotopic (exact) mass is 278 g/mol. The quantitative estimate of drug-likeness (QED) is 0.581. The van der Waals surface area contributed by atoms with Gasteiger partial charge in [0.15, 0.2) is 0 Å². The smallest absolute Gasteiger partial charge is 0.333 e. The predicted molar refractivity (Wildman–Crippen MR) is 79.9 cm³/mol. The number of nitrogens with one attached hydrogen (secondary N) is 1. The van der Waals surface area contributed by atoms with E-state index in [4.69, 9.17) is 4.42 Å². The standard InChI is InChI=1S/C16H10N2O3/c19-15-14-13(11-8-4-5-9-12(11)21-14)18(16(20)17-15)10-6-2-1-3-7-10/h1-9H,(H,17,19,20). The van der Waals surface area contributed by atoms with Crippen molar-refractivity contribution in [3.05, 3.63) is 75.4 Å². The third-order valence-corrected chi connectivity index (χ3v) is 3.44. The number of hydrogen-bond acceptors (Lipinski definition) is 3. The highest BCUT2D eigenvalue weighted by atomic mass is 16.3. The van der Waals surface area contributed by atoms with Gasteiger partial charge in [0.05, 0.1) is 5.69 Å². The van der Waals surface area contributed by atoms with Gasteiger partial charge in [-0.25, -0.2) is 4.79 Å². The first-order valence-electron chi connectivity index (χ1n) is 6.48. The average Bonchev–Trinajstić information content (AvgIpc) is 2.89. The second kappa shape index (κ2) is 4.21. The molecule has 0 aliphatic heterocycles. The van der Waals surface area contributed by atoms with Gasteiger partial charge in [0.25, 0.3) is 5.56 Å². The van der Waals surface area contributed by atoms with Crippen molar-refractivity contribution < 1.29 is 4.42 Å². The van der Waals surface area contributed by atoms with Gasteiger partial charge in [-0.1, -0.05) is 30.3 Å². The van der Waals surface area contributed by atoms with Gasteiger partial charge in [-0.2, -0.15) is 0 Å². The molecule has 4 aromatic rings. The van der Waals surface area contributed by atoms with Gasteiger partial charge in [0, 0.05) is 5.39 Å². The normalized spacial score (nSPS) is 11.2. The summed E-state index contributed by atoms with van der Waals surface area (Å²) in [6, 6.07) is 16.4. The molecule has 0 aliphatic carbocycles. The maximum atomic E-state index is 12.3. The lowest BCUT2D eigenvalue weighted by molar-refractivity contribution is 0.658. The predicted octanol–water partition coefficient (Wildman–Crippen LogP) is 2.43. The van der Waals surface area contributed by atoms with Gasteiger partial charge >= 0.3 is 5.69 Å². The van der Waals surface area contributed by atoms with Crippen LogP contribution >= 0.6 is 0 Å². The number of rotatable bonds is 1. The van der Waals surface area contributed by atoms with Crippen LogP contribution in [0.3, 0.4) is 0 Å². The minimum Gasteiger partial charge on any atom is -0.449 e. The molecule has 0 saturated heterocycles. The Morgan fingerprint density at radius 1 is 0.905 bits per heavy atom. The molecule has 0 fully saturated rings. The molecule has 4 rings (SSSR count). The molecule has 0 amide bonds. The molecule has 102 valence electrons. The van der Waals surface area contributed by atoms with Crippen LogP contribution in [0.1, 0.15) is 0 Å². The van der Waals surface area contributed by atoms with E-state index in [1.165, 1.54) is 4.57 Å². The summed E-state index contributed by atoms with van der Waals surface area (Å²) in [7, 11) is 0. The molecule has 0 spiro atoms. The van der Waals surface area contributed by atoms with E-state index >= 15 is 0 Å². The van der Waals surface area contributed by atoms with Crippen molar-refractivity contribution in [2.45, 2.75) is 0 Å². The molecule has 0 atom stereocenters. The van der Waals surface area contributed by atoms with Crippen LogP contribution in [-0.4, -0.2) is 9.55 Å². The number of hydrogen-bond donors (Lipinski definition) is 1. The highest BCUT2D eigenvalue weighted by molar-refractivity contribution is 6.02. The van der Waals surface area contributed by atoms with E-state index in [9.17, 15) is 9.59 Å². The summed E-state index contributed by atoms with van der Waals surface area (Å²) in [5.41, 5.74) is 0.900. The van der Waals surface area contributed by atoms with Crippen molar-refractivity contribution in [1.82, 2.24) is 9.55 Å². The number of furan rings is 1. The SMILES string of the molecule is O=c1[nH]c(=O)n(-c2ccccc2)c2c1oc1ccccc12. The summed E-state index contributed by atoms with van der Waals surface area (Å²) < 4.78 is 7.06. The van der Waals surface area contributed by atoms with Gasteiger partial charge in [-0.15, -0.1) is 0 Å². The Morgan fingerprint density at radius 3 is 2.43 bits per heavy atom. The van der Waals surface area contributed by atoms with Crippen molar-refractivity contribution in [1.29, 1.82) is 0 Å². The Hall–Kier alpha value is -3.08. The van der Waals surface area contributed by atoms with Crippen LogP contribution < -0.4 is 11.2 Å². The molecule has 2 heterocycles. The first-order chi connectivity index (χ1) is 10.3. The van der Waals surface area contributed by atoms with Gasteiger partial charge in [-0.3, -0.25) is 14.3 Å². The molecule has 0 saturated carbocycles. The van der Waals surface area contributed by atoms with Crippen LogP contribution in [-0.2, 0) is 0 Å². The van der Waals surface area contributed by atoms with E-state index < -0.39 is 11.2 Å². The fourth-order valence-electron chi connectivity index (χ4n) is 2.54. The Balaban J connectivity index is 2.30. The van der Waals surface area contributed by atoms with E-state index in [0.29, 0.717) is 16.8 Å². The number of aromatic amines is 1. The van der Waals surface area contributed by atoms with Gasteiger partial charge < -0.3 is 4.42 Å². The molecular formula is C16H10N2O3. The summed E-state index contributed by atoms with van der Waals surface area (Å²) in [6.45, 7) is 0. The van der Waals surface area contributed by atoms with E-state index in [-0.39, 0.29) is 5.58 Å². The summed E-state index contributed by atoms with van der Waals surface area (Å²) >= 11 is 0. The van der Waals surface area contributed by atoms with E-state index in [2.05, 4.69) is 4.98 Å². The Kier molecular flexibility index (Phi) is 2.35. The summed E-state index contributed by atoms with van der Waals surface area (Å²) in [5, 5.41) is 0.736. The summed E-state index contributed by atoms with van der Waals surface area (Å²) in [5.74, 6) is 0. The second-order valence-electron chi connectivity index (χ2n) is 4.71. The zero-order chi connectivity index (χ0) is 14.4. The van der Waals surface area contributed by atoms with Crippen LogP contribution in [0.15, 0.2) is 68.6 Å². The highest BCUT2D eigenvalue weighted by Gasteiger charge is 2.16. The third-order valence-electron chi connectivity index (χ3n) is 3.44. The number of para-hydroxylation sites is 2. The maximum absolute atomic E-state index is 12.3. The maximum Gasteiger partial charge on any atom is 0.333 e. The fourth-order valence-corrected chi connectivity index (χ4v) is 2.54. The second-order valence-corrected chi connectivity index (χ2v) is 4.71. The Morgan fingerprint density at radius 2 is 1.62 bits per heavy atom. The third kappa shape index (κ3) is 1.64. The lowest BCUT2D eigenvalue weighted by atomic mass is 10.2. The molecule has 5 nitrogen and oxygen atoms in total.